The fourth-order valence-electron chi connectivity index (χ4n) is 2.96. The van der Waals surface area contributed by atoms with Crippen molar-refractivity contribution in [2.24, 2.45) is 5.10 Å². The highest BCUT2D eigenvalue weighted by Gasteiger charge is 2.10. The first-order valence-electron chi connectivity index (χ1n) is 9.56. The molecule has 0 saturated heterocycles. The Kier molecular flexibility index (Phi) is 8.29. The van der Waals surface area contributed by atoms with Gasteiger partial charge in [0.15, 0.2) is 0 Å². The van der Waals surface area contributed by atoms with E-state index in [1.807, 2.05) is 62.4 Å². The molecule has 0 bridgehead atoms. The molecule has 1 amide bonds. The fraction of sp³-hybridized carbons (Fsp3) is 0.167. The Balaban J connectivity index is 1.59. The highest BCUT2D eigenvalue weighted by atomic mass is 79.9. The third-order valence-electron chi connectivity index (χ3n) is 4.57. The molecule has 0 aliphatic carbocycles. The van der Waals surface area contributed by atoms with Crippen LogP contribution in [-0.2, 0) is 17.8 Å². The quantitative estimate of drug-likeness (QED) is 0.255. The normalized spacial score (nSPS) is 11.0. The number of rotatable bonds is 7. The monoisotopic (exact) mass is 562 g/mol. The molecule has 0 saturated carbocycles. The second kappa shape index (κ2) is 10.9. The standard InChI is InChI=1S/C24H21Br2ClN2O2/c1-15-3-6-19(16(2)9-15)12-23(30)29-28-13-18-10-21(25)24(22(26)11-18)31-14-17-4-7-20(27)8-5-17/h3-11,13H,12,14H2,1-2H3,(H,29,30)/b28-13+. The molecule has 0 aliphatic heterocycles. The molecule has 31 heavy (non-hydrogen) atoms. The van der Waals surface area contributed by atoms with Gasteiger partial charge >= 0.3 is 0 Å². The van der Waals surface area contributed by atoms with Crippen molar-refractivity contribution in [1.82, 2.24) is 5.43 Å². The highest BCUT2D eigenvalue weighted by molar-refractivity contribution is 9.11. The number of carbonyl (C=O) groups is 1. The average molecular weight is 565 g/mol. The van der Waals surface area contributed by atoms with Crippen LogP contribution in [0, 0.1) is 13.8 Å². The predicted octanol–water partition coefficient (Wildman–Crippen LogP) is 6.75. The van der Waals surface area contributed by atoms with Crippen LogP contribution in [-0.4, -0.2) is 12.1 Å². The molecule has 0 unspecified atom stereocenters. The van der Waals surface area contributed by atoms with E-state index in [-0.39, 0.29) is 12.3 Å². The zero-order valence-corrected chi connectivity index (χ0v) is 21.0. The molecule has 0 aromatic heterocycles. The number of hydrogen-bond donors (Lipinski definition) is 1. The van der Waals surface area contributed by atoms with Crippen LogP contribution in [0.5, 0.6) is 5.75 Å². The molecule has 3 aromatic carbocycles. The molecule has 3 rings (SSSR count). The first-order valence-corrected chi connectivity index (χ1v) is 11.5. The van der Waals surface area contributed by atoms with E-state index in [1.165, 1.54) is 5.56 Å². The summed E-state index contributed by atoms with van der Waals surface area (Å²) >= 11 is 13.0. The lowest BCUT2D eigenvalue weighted by Gasteiger charge is -2.11. The molecular weight excluding hydrogens is 544 g/mol. The number of hydrogen-bond acceptors (Lipinski definition) is 3. The summed E-state index contributed by atoms with van der Waals surface area (Å²) < 4.78 is 7.48. The molecule has 0 spiro atoms. The summed E-state index contributed by atoms with van der Waals surface area (Å²) in [5.74, 6) is 0.523. The van der Waals surface area contributed by atoms with Gasteiger partial charge in [0.25, 0.3) is 0 Å². The number of nitrogens with zero attached hydrogens (tertiary/aromatic N) is 1. The van der Waals surface area contributed by atoms with E-state index < -0.39 is 0 Å². The second-order valence-corrected chi connectivity index (χ2v) is 9.27. The van der Waals surface area contributed by atoms with Crippen LogP contribution < -0.4 is 10.2 Å². The van der Waals surface area contributed by atoms with Gasteiger partial charge in [-0.25, -0.2) is 5.43 Å². The summed E-state index contributed by atoms with van der Waals surface area (Å²) in [5.41, 5.74) is 7.68. The summed E-state index contributed by atoms with van der Waals surface area (Å²) in [6.07, 6.45) is 1.88. The maximum atomic E-state index is 12.2. The number of carbonyl (C=O) groups excluding carboxylic acids is 1. The molecule has 0 atom stereocenters. The van der Waals surface area contributed by atoms with Crippen LogP contribution in [0.3, 0.4) is 0 Å². The highest BCUT2D eigenvalue weighted by Crippen LogP contribution is 2.35. The number of nitrogens with one attached hydrogen (secondary N) is 1. The third kappa shape index (κ3) is 6.92. The predicted molar refractivity (Wildman–Crippen MR) is 133 cm³/mol. The number of aryl methyl sites for hydroxylation is 2. The van der Waals surface area contributed by atoms with Gasteiger partial charge in [0, 0.05) is 5.02 Å². The average Bonchev–Trinajstić information content (AvgIpc) is 2.71. The molecule has 1 N–H and O–H groups in total. The number of ether oxygens (including phenoxy) is 1. The van der Waals surface area contributed by atoms with E-state index in [2.05, 4.69) is 48.5 Å². The van der Waals surface area contributed by atoms with Crippen LogP contribution >= 0.6 is 43.5 Å². The Hall–Kier alpha value is -2.15. The second-order valence-electron chi connectivity index (χ2n) is 7.13. The summed E-state index contributed by atoms with van der Waals surface area (Å²) in [4.78, 5) is 12.2. The van der Waals surface area contributed by atoms with Crippen LogP contribution in [0.1, 0.15) is 27.8 Å². The molecule has 3 aromatic rings. The SMILES string of the molecule is Cc1ccc(CC(=O)N/N=C/c2cc(Br)c(OCc3ccc(Cl)cc3)c(Br)c2)c(C)c1. The number of benzene rings is 3. The van der Waals surface area contributed by atoms with E-state index in [1.54, 1.807) is 6.21 Å². The van der Waals surface area contributed by atoms with Gasteiger partial charge in [-0.05, 0) is 92.2 Å². The van der Waals surface area contributed by atoms with Crippen LogP contribution in [0.4, 0.5) is 0 Å². The van der Waals surface area contributed by atoms with Crippen LogP contribution in [0.2, 0.25) is 5.02 Å². The van der Waals surface area contributed by atoms with E-state index in [0.717, 1.165) is 31.2 Å². The van der Waals surface area contributed by atoms with Gasteiger partial charge in [-0.2, -0.15) is 5.10 Å². The summed E-state index contributed by atoms with van der Waals surface area (Å²) in [5, 5.41) is 4.77. The maximum absolute atomic E-state index is 12.2. The molecular formula is C24H21Br2ClN2O2. The molecule has 0 heterocycles. The zero-order chi connectivity index (χ0) is 22.4. The van der Waals surface area contributed by atoms with Gasteiger partial charge < -0.3 is 4.74 Å². The minimum Gasteiger partial charge on any atom is -0.487 e. The molecule has 160 valence electrons. The maximum Gasteiger partial charge on any atom is 0.244 e. The first kappa shape index (κ1) is 23.5. The van der Waals surface area contributed by atoms with E-state index >= 15 is 0 Å². The Morgan fingerprint density at radius 3 is 2.39 bits per heavy atom. The van der Waals surface area contributed by atoms with Gasteiger partial charge in [0.1, 0.15) is 12.4 Å². The minimum absolute atomic E-state index is 0.163. The Morgan fingerprint density at radius 2 is 1.74 bits per heavy atom. The van der Waals surface area contributed by atoms with Crippen molar-refractivity contribution in [2.45, 2.75) is 26.9 Å². The number of halogens is 3. The largest absolute Gasteiger partial charge is 0.487 e. The molecule has 0 radical (unpaired) electrons. The molecule has 0 fully saturated rings. The van der Waals surface area contributed by atoms with Crippen LogP contribution in [0.25, 0.3) is 0 Å². The topological polar surface area (TPSA) is 50.7 Å². The third-order valence-corrected chi connectivity index (χ3v) is 6.00. The van der Waals surface area contributed by atoms with Gasteiger partial charge in [-0.1, -0.05) is 47.5 Å². The van der Waals surface area contributed by atoms with E-state index in [0.29, 0.717) is 17.4 Å². The first-order chi connectivity index (χ1) is 14.8. The fourth-order valence-corrected chi connectivity index (χ4v) is 4.54. The lowest BCUT2D eigenvalue weighted by molar-refractivity contribution is -0.120. The van der Waals surface area contributed by atoms with Crippen LogP contribution in [0.15, 0.2) is 68.6 Å². The molecule has 0 aliphatic rings. The molecule has 7 heteroatoms. The van der Waals surface area contributed by atoms with Crippen molar-refractivity contribution in [1.29, 1.82) is 0 Å². The lowest BCUT2D eigenvalue weighted by atomic mass is 10.0. The summed E-state index contributed by atoms with van der Waals surface area (Å²) in [7, 11) is 0. The van der Waals surface area contributed by atoms with Crippen molar-refractivity contribution >= 4 is 55.6 Å². The van der Waals surface area contributed by atoms with Gasteiger partial charge in [0.05, 0.1) is 21.6 Å². The number of amides is 1. The Bertz CT molecular complexity index is 1090. The van der Waals surface area contributed by atoms with Crippen molar-refractivity contribution in [3.8, 4) is 5.75 Å². The lowest BCUT2D eigenvalue weighted by Crippen LogP contribution is -2.20. The van der Waals surface area contributed by atoms with E-state index in [4.69, 9.17) is 16.3 Å². The van der Waals surface area contributed by atoms with Gasteiger partial charge in [0.2, 0.25) is 5.91 Å². The minimum atomic E-state index is -0.163. The zero-order valence-electron chi connectivity index (χ0n) is 17.1. The van der Waals surface area contributed by atoms with Crippen molar-refractivity contribution < 1.29 is 9.53 Å². The van der Waals surface area contributed by atoms with Gasteiger partial charge in [-0.15, -0.1) is 0 Å². The van der Waals surface area contributed by atoms with Crippen molar-refractivity contribution in [3.05, 3.63) is 96.4 Å². The van der Waals surface area contributed by atoms with Crippen molar-refractivity contribution in [3.63, 3.8) is 0 Å². The summed E-state index contributed by atoms with van der Waals surface area (Å²) in [6, 6.07) is 17.3. The Morgan fingerprint density at radius 1 is 1.06 bits per heavy atom. The van der Waals surface area contributed by atoms with E-state index in [9.17, 15) is 4.79 Å². The number of hydrazone groups is 1. The molecule has 4 nitrogen and oxygen atoms in total. The smallest absolute Gasteiger partial charge is 0.244 e. The Labute approximate surface area is 203 Å². The van der Waals surface area contributed by atoms with Crippen molar-refractivity contribution in [2.75, 3.05) is 0 Å². The van der Waals surface area contributed by atoms with Gasteiger partial charge in [-0.3, -0.25) is 4.79 Å². The summed E-state index contributed by atoms with van der Waals surface area (Å²) in [6.45, 7) is 4.45.